The monoisotopic (exact) mass is 320 g/mol. The van der Waals surface area contributed by atoms with Crippen LogP contribution in [0.3, 0.4) is 0 Å². The van der Waals surface area contributed by atoms with Gasteiger partial charge in [0.1, 0.15) is 5.69 Å². The van der Waals surface area contributed by atoms with E-state index in [1.807, 2.05) is 24.0 Å². The van der Waals surface area contributed by atoms with Gasteiger partial charge in [0.25, 0.3) is 5.91 Å². The van der Waals surface area contributed by atoms with Crippen LogP contribution >= 0.6 is 11.3 Å². The number of thiazole rings is 1. The Morgan fingerprint density at radius 2 is 2.41 bits per heavy atom. The van der Waals surface area contributed by atoms with Crippen molar-refractivity contribution in [3.05, 3.63) is 29.0 Å². The summed E-state index contributed by atoms with van der Waals surface area (Å²) in [5.74, 6) is 0.669. The number of amides is 1. The van der Waals surface area contributed by atoms with Gasteiger partial charge >= 0.3 is 0 Å². The number of furan rings is 1. The zero-order chi connectivity index (χ0) is 15.5. The van der Waals surface area contributed by atoms with Crippen molar-refractivity contribution >= 4 is 17.2 Å². The molecule has 0 spiro atoms. The third-order valence-electron chi connectivity index (χ3n) is 4.08. The molecule has 3 heterocycles. The van der Waals surface area contributed by atoms with E-state index in [4.69, 9.17) is 4.42 Å². The molecule has 1 saturated heterocycles. The number of aliphatic hydroxyl groups excluding tert-OH is 1. The molecule has 0 bridgehead atoms. The summed E-state index contributed by atoms with van der Waals surface area (Å²) in [6, 6.07) is 3.79. The van der Waals surface area contributed by atoms with Crippen molar-refractivity contribution in [2.24, 2.45) is 0 Å². The zero-order valence-corrected chi connectivity index (χ0v) is 13.4. The first-order chi connectivity index (χ1) is 10.7. The van der Waals surface area contributed by atoms with Gasteiger partial charge in [0.05, 0.1) is 6.26 Å². The molecule has 1 fully saturated rings. The summed E-state index contributed by atoms with van der Waals surface area (Å²) in [5.41, 5.74) is 0.515. The highest BCUT2D eigenvalue weighted by atomic mass is 32.1. The molecule has 0 radical (unpaired) electrons. The summed E-state index contributed by atoms with van der Waals surface area (Å²) in [7, 11) is 0. The van der Waals surface area contributed by atoms with E-state index >= 15 is 0 Å². The lowest BCUT2D eigenvalue weighted by Gasteiger charge is -2.35. The fourth-order valence-electron chi connectivity index (χ4n) is 2.95. The molecule has 22 heavy (non-hydrogen) atoms. The van der Waals surface area contributed by atoms with Crippen molar-refractivity contribution in [3.8, 4) is 10.8 Å². The quantitative estimate of drug-likeness (QED) is 0.940. The number of carbonyl (C=O) groups excluding carboxylic acids is 1. The first-order valence-corrected chi connectivity index (χ1v) is 8.45. The van der Waals surface area contributed by atoms with E-state index in [0.29, 0.717) is 17.9 Å². The molecule has 1 aliphatic rings. The van der Waals surface area contributed by atoms with Crippen LogP contribution in [0.25, 0.3) is 10.8 Å². The normalized spacial score (nSPS) is 18.6. The molecule has 2 aromatic heterocycles. The van der Waals surface area contributed by atoms with Crippen molar-refractivity contribution in [1.29, 1.82) is 0 Å². The maximum Gasteiger partial charge on any atom is 0.273 e. The second-order valence-electron chi connectivity index (χ2n) is 5.56. The molecule has 5 nitrogen and oxygen atoms in total. The highest BCUT2D eigenvalue weighted by molar-refractivity contribution is 7.15. The summed E-state index contributed by atoms with van der Waals surface area (Å²) < 4.78 is 5.36. The van der Waals surface area contributed by atoms with E-state index in [-0.39, 0.29) is 18.6 Å². The van der Waals surface area contributed by atoms with Crippen LogP contribution in [0.15, 0.2) is 22.8 Å². The van der Waals surface area contributed by atoms with Crippen LogP contribution in [-0.4, -0.2) is 40.1 Å². The van der Waals surface area contributed by atoms with Crippen molar-refractivity contribution in [3.63, 3.8) is 0 Å². The molecule has 2 aromatic rings. The van der Waals surface area contributed by atoms with Crippen LogP contribution in [0.2, 0.25) is 0 Å². The standard InChI is InChI=1S/C16H20N2O3S/c1-11-14(17-15(22-11)13-6-4-10-21-13)16(20)18-8-3-2-5-12(18)7-9-19/h4,6,10,12,19H,2-3,5,7-9H2,1H3. The largest absolute Gasteiger partial charge is 0.462 e. The van der Waals surface area contributed by atoms with Gasteiger partial charge in [0, 0.05) is 24.1 Å². The number of nitrogens with zero attached hydrogens (tertiary/aromatic N) is 2. The van der Waals surface area contributed by atoms with E-state index in [1.165, 1.54) is 11.3 Å². The van der Waals surface area contributed by atoms with Crippen LogP contribution in [0, 0.1) is 6.92 Å². The van der Waals surface area contributed by atoms with Gasteiger partial charge in [-0.25, -0.2) is 4.98 Å². The number of rotatable bonds is 4. The van der Waals surface area contributed by atoms with Crippen LogP contribution in [-0.2, 0) is 0 Å². The first-order valence-electron chi connectivity index (χ1n) is 7.64. The summed E-state index contributed by atoms with van der Waals surface area (Å²) in [5, 5.41) is 9.95. The van der Waals surface area contributed by atoms with Crippen LogP contribution < -0.4 is 0 Å². The second-order valence-corrected chi connectivity index (χ2v) is 6.76. The zero-order valence-electron chi connectivity index (χ0n) is 12.6. The Morgan fingerprint density at radius 3 is 3.14 bits per heavy atom. The SMILES string of the molecule is Cc1sc(-c2ccco2)nc1C(=O)N1CCCCC1CCO. The lowest BCUT2D eigenvalue weighted by Crippen LogP contribution is -2.44. The number of aryl methyl sites for hydroxylation is 1. The van der Waals surface area contributed by atoms with Gasteiger partial charge in [-0.1, -0.05) is 0 Å². The van der Waals surface area contributed by atoms with E-state index < -0.39 is 0 Å². The Kier molecular flexibility index (Phi) is 4.59. The molecule has 118 valence electrons. The van der Waals surface area contributed by atoms with Crippen LogP contribution in [0.1, 0.15) is 41.0 Å². The topological polar surface area (TPSA) is 66.6 Å². The fourth-order valence-corrected chi connectivity index (χ4v) is 3.83. The smallest absolute Gasteiger partial charge is 0.273 e. The van der Waals surface area contributed by atoms with E-state index in [9.17, 15) is 9.90 Å². The summed E-state index contributed by atoms with van der Waals surface area (Å²) in [6.45, 7) is 2.78. The molecular weight excluding hydrogens is 300 g/mol. The minimum atomic E-state index is -0.0234. The number of piperidine rings is 1. The Morgan fingerprint density at radius 1 is 1.55 bits per heavy atom. The van der Waals surface area contributed by atoms with Gasteiger partial charge in [-0.3, -0.25) is 4.79 Å². The number of carbonyl (C=O) groups is 1. The predicted octanol–water partition coefficient (Wildman–Crippen LogP) is 3.09. The van der Waals surface area contributed by atoms with Gasteiger partial charge in [-0.15, -0.1) is 11.3 Å². The van der Waals surface area contributed by atoms with Gasteiger partial charge < -0.3 is 14.4 Å². The molecule has 0 aromatic carbocycles. The summed E-state index contributed by atoms with van der Waals surface area (Å²) in [4.78, 5) is 20.1. The van der Waals surface area contributed by atoms with Gasteiger partial charge in [-0.05, 0) is 44.7 Å². The molecule has 3 rings (SSSR count). The molecule has 0 saturated carbocycles. The minimum Gasteiger partial charge on any atom is -0.462 e. The number of aliphatic hydroxyl groups is 1. The number of likely N-dealkylation sites (tertiary alicyclic amines) is 1. The number of aromatic nitrogens is 1. The second kappa shape index (κ2) is 6.62. The maximum atomic E-state index is 12.8. The Bertz CT molecular complexity index is 634. The minimum absolute atomic E-state index is 0.0234. The van der Waals surface area contributed by atoms with Crippen LogP contribution in [0.5, 0.6) is 0 Å². The maximum absolute atomic E-state index is 12.8. The fraction of sp³-hybridized carbons (Fsp3) is 0.500. The van der Waals surface area contributed by atoms with Crippen molar-refractivity contribution in [2.45, 2.75) is 38.6 Å². The number of hydrogen-bond donors (Lipinski definition) is 1. The van der Waals surface area contributed by atoms with Crippen molar-refractivity contribution in [1.82, 2.24) is 9.88 Å². The Labute approximate surface area is 133 Å². The summed E-state index contributed by atoms with van der Waals surface area (Å²) in [6.07, 6.45) is 5.33. The molecule has 1 unspecified atom stereocenters. The van der Waals surface area contributed by atoms with Crippen LogP contribution in [0.4, 0.5) is 0 Å². The average Bonchev–Trinajstić information content (AvgIpc) is 3.17. The van der Waals surface area contributed by atoms with E-state index in [1.54, 1.807) is 6.26 Å². The van der Waals surface area contributed by atoms with E-state index in [2.05, 4.69) is 4.98 Å². The third kappa shape index (κ3) is 2.94. The molecule has 1 atom stereocenters. The molecule has 1 aliphatic heterocycles. The third-order valence-corrected chi connectivity index (χ3v) is 5.07. The van der Waals surface area contributed by atoms with Gasteiger partial charge in [-0.2, -0.15) is 0 Å². The van der Waals surface area contributed by atoms with Gasteiger partial charge in [0.15, 0.2) is 10.8 Å². The molecule has 0 aliphatic carbocycles. The molecule has 1 amide bonds. The Balaban J connectivity index is 1.85. The first kappa shape index (κ1) is 15.2. The van der Waals surface area contributed by atoms with Crippen molar-refractivity contribution < 1.29 is 14.3 Å². The predicted molar refractivity (Wildman–Crippen MR) is 84.9 cm³/mol. The van der Waals surface area contributed by atoms with Gasteiger partial charge in [0.2, 0.25) is 0 Å². The lowest BCUT2D eigenvalue weighted by atomic mass is 9.99. The summed E-state index contributed by atoms with van der Waals surface area (Å²) >= 11 is 1.48. The average molecular weight is 320 g/mol. The van der Waals surface area contributed by atoms with Crippen molar-refractivity contribution in [2.75, 3.05) is 13.2 Å². The molecular formula is C16H20N2O3S. The number of hydrogen-bond acceptors (Lipinski definition) is 5. The molecule has 6 heteroatoms. The highest BCUT2D eigenvalue weighted by Crippen LogP contribution is 2.30. The van der Waals surface area contributed by atoms with E-state index in [0.717, 1.165) is 35.7 Å². The molecule has 1 N–H and O–H groups in total. The Hall–Kier alpha value is -1.66. The lowest BCUT2D eigenvalue weighted by molar-refractivity contribution is 0.0569. The highest BCUT2D eigenvalue weighted by Gasteiger charge is 2.30.